The quantitative estimate of drug-likeness (QED) is 0.757. The Morgan fingerprint density at radius 3 is 2.69 bits per heavy atom. The number of benzene rings is 1. The molecule has 1 aromatic carbocycles. The van der Waals surface area contributed by atoms with Gasteiger partial charge in [-0.25, -0.2) is 0 Å². The van der Waals surface area contributed by atoms with Gasteiger partial charge in [0.15, 0.2) is 0 Å². The third-order valence-corrected chi connectivity index (χ3v) is 1.89. The molecular formula is C10H10ClNO. The van der Waals surface area contributed by atoms with Crippen LogP contribution in [0.2, 0.25) is 0 Å². The zero-order valence-corrected chi connectivity index (χ0v) is 7.79. The van der Waals surface area contributed by atoms with E-state index in [-0.39, 0.29) is 19.0 Å². The zero-order valence-electron chi connectivity index (χ0n) is 6.97. The van der Waals surface area contributed by atoms with Crippen molar-refractivity contribution in [3.8, 4) is 0 Å². The van der Waals surface area contributed by atoms with E-state index >= 15 is 0 Å². The molecular weight excluding hydrogens is 186 g/mol. The molecule has 0 aliphatic rings. The summed E-state index contributed by atoms with van der Waals surface area (Å²) in [6, 6.07) is 9.68. The molecule has 0 amide bonds. The normalized spacial score (nSPS) is 9.62. The van der Waals surface area contributed by atoms with Crippen LogP contribution in [0.15, 0.2) is 36.5 Å². The SMILES string of the molecule is Cl.OCc1cccc2cccnc12. The Bertz CT molecular complexity index is 398. The molecule has 2 nitrogen and oxygen atoms in total. The van der Waals surface area contributed by atoms with Crippen molar-refractivity contribution >= 4 is 23.3 Å². The van der Waals surface area contributed by atoms with E-state index in [1.54, 1.807) is 6.20 Å². The average Bonchev–Trinajstić information content (AvgIpc) is 2.17. The van der Waals surface area contributed by atoms with Crippen LogP contribution in [-0.2, 0) is 6.61 Å². The molecule has 0 unspecified atom stereocenters. The van der Waals surface area contributed by atoms with Gasteiger partial charge in [0.05, 0.1) is 12.1 Å². The van der Waals surface area contributed by atoms with E-state index in [4.69, 9.17) is 5.11 Å². The smallest absolute Gasteiger partial charge is 0.0757 e. The van der Waals surface area contributed by atoms with Crippen molar-refractivity contribution in [2.24, 2.45) is 0 Å². The lowest BCUT2D eigenvalue weighted by atomic mass is 10.1. The summed E-state index contributed by atoms with van der Waals surface area (Å²) >= 11 is 0. The lowest BCUT2D eigenvalue weighted by Gasteiger charge is -2.00. The van der Waals surface area contributed by atoms with Crippen LogP contribution >= 0.6 is 12.4 Å². The molecule has 2 aromatic rings. The average molecular weight is 196 g/mol. The number of aliphatic hydroxyl groups excluding tert-OH is 1. The van der Waals surface area contributed by atoms with Crippen LogP contribution in [0.1, 0.15) is 5.56 Å². The molecule has 1 heterocycles. The third kappa shape index (κ3) is 1.79. The summed E-state index contributed by atoms with van der Waals surface area (Å²) in [5, 5.41) is 10.1. The van der Waals surface area contributed by atoms with E-state index in [0.29, 0.717) is 0 Å². The Kier molecular flexibility index (Phi) is 3.23. The number of rotatable bonds is 1. The monoisotopic (exact) mass is 195 g/mol. The van der Waals surface area contributed by atoms with E-state index in [9.17, 15) is 0 Å². The van der Waals surface area contributed by atoms with Gasteiger partial charge in [0, 0.05) is 17.1 Å². The van der Waals surface area contributed by atoms with Gasteiger partial charge in [-0.1, -0.05) is 24.3 Å². The fourth-order valence-corrected chi connectivity index (χ4v) is 1.29. The maximum atomic E-state index is 9.00. The molecule has 0 fully saturated rings. The summed E-state index contributed by atoms with van der Waals surface area (Å²) < 4.78 is 0. The van der Waals surface area contributed by atoms with Gasteiger partial charge in [0.1, 0.15) is 0 Å². The predicted octanol–water partition coefficient (Wildman–Crippen LogP) is 2.15. The van der Waals surface area contributed by atoms with Gasteiger partial charge in [-0.15, -0.1) is 12.4 Å². The van der Waals surface area contributed by atoms with Crippen LogP contribution in [0.4, 0.5) is 0 Å². The van der Waals surface area contributed by atoms with Crippen molar-refractivity contribution < 1.29 is 5.11 Å². The highest BCUT2D eigenvalue weighted by molar-refractivity contribution is 5.85. The first-order valence-electron chi connectivity index (χ1n) is 3.85. The minimum absolute atomic E-state index is 0. The van der Waals surface area contributed by atoms with E-state index < -0.39 is 0 Å². The Balaban J connectivity index is 0.000000845. The highest BCUT2D eigenvalue weighted by Gasteiger charge is 1.98. The van der Waals surface area contributed by atoms with Gasteiger partial charge in [-0.05, 0) is 6.07 Å². The topological polar surface area (TPSA) is 33.1 Å². The number of hydrogen-bond donors (Lipinski definition) is 1. The first-order chi connectivity index (χ1) is 5.92. The van der Waals surface area contributed by atoms with E-state index in [2.05, 4.69) is 4.98 Å². The predicted molar refractivity (Wildman–Crippen MR) is 54.9 cm³/mol. The molecule has 0 saturated heterocycles. The Labute approximate surface area is 82.6 Å². The van der Waals surface area contributed by atoms with Gasteiger partial charge in [-0.2, -0.15) is 0 Å². The van der Waals surface area contributed by atoms with Crippen LogP contribution < -0.4 is 0 Å². The van der Waals surface area contributed by atoms with Crippen molar-refractivity contribution in [1.82, 2.24) is 4.98 Å². The Morgan fingerprint density at radius 2 is 1.92 bits per heavy atom. The zero-order chi connectivity index (χ0) is 8.39. The molecule has 0 saturated carbocycles. The number of nitrogens with zero attached hydrogens (tertiary/aromatic N) is 1. The van der Waals surface area contributed by atoms with Crippen molar-refractivity contribution in [3.63, 3.8) is 0 Å². The van der Waals surface area contributed by atoms with Gasteiger partial charge in [0.25, 0.3) is 0 Å². The fourth-order valence-electron chi connectivity index (χ4n) is 1.29. The summed E-state index contributed by atoms with van der Waals surface area (Å²) in [7, 11) is 0. The van der Waals surface area contributed by atoms with Crippen LogP contribution in [0.3, 0.4) is 0 Å². The number of aromatic nitrogens is 1. The van der Waals surface area contributed by atoms with Crippen molar-refractivity contribution in [2.75, 3.05) is 0 Å². The number of pyridine rings is 1. The number of hydrogen-bond acceptors (Lipinski definition) is 2. The van der Waals surface area contributed by atoms with E-state index in [0.717, 1.165) is 16.5 Å². The van der Waals surface area contributed by atoms with Crippen molar-refractivity contribution in [1.29, 1.82) is 0 Å². The van der Waals surface area contributed by atoms with Crippen LogP contribution in [-0.4, -0.2) is 10.1 Å². The molecule has 0 spiro atoms. The van der Waals surface area contributed by atoms with E-state index in [1.165, 1.54) is 0 Å². The highest BCUT2D eigenvalue weighted by Crippen LogP contribution is 2.15. The number of aliphatic hydroxyl groups is 1. The third-order valence-electron chi connectivity index (χ3n) is 1.89. The molecule has 68 valence electrons. The van der Waals surface area contributed by atoms with Crippen LogP contribution in [0, 0.1) is 0 Å². The first kappa shape index (κ1) is 9.96. The number of halogens is 1. The van der Waals surface area contributed by atoms with Gasteiger partial charge in [-0.3, -0.25) is 4.98 Å². The lowest BCUT2D eigenvalue weighted by molar-refractivity contribution is 0.283. The molecule has 1 aromatic heterocycles. The Hall–Kier alpha value is -1.12. The molecule has 0 atom stereocenters. The molecule has 2 rings (SSSR count). The molecule has 0 aliphatic heterocycles. The van der Waals surface area contributed by atoms with Crippen LogP contribution in [0.25, 0.3) is 10.9 Å². The maximum absolute atomic E-state index is 9.00. The molecule has 0 aliphatic carbocycles. The number of fused-ring (bicyclic) bond motifs is 1. The Morgan fingerprint density at radius 1 is 1.15 bits per heavy atom. The molecule has 13 heavy (non-hydrogen) atoms. The fraction of sp³-hybridized carbons (Fsp3) is 0.100. The van der Waals surface area contributed by atoms with Crippen LogP contribution in [0.5, 0.6) is 0 Å². The second-order valence-electron chi connectivity index (χ2n) is 2.65. The summed E-state index contributed by atoms with van der Waals surface area (Å²) in [5.74, 6) is 0. The standard InChI is InChI=1S/C10H9NO.ClH/c12-7-9-4-1-3-8-5-2-6-11-10(8)9;/h1-6,12H,7H2;1H. The van der Waals surface area contributed by atoms with Gasteiger partial charge < -0.3 is 5.11 Å². The largest absolute Gasteiger partial charge is 0.392 e. The maximum Gasteiger partial charge on any atom is 0.0757 e. The molecule has 0 bridgehead atoms. The highest BCUT2D eigenvalue weighted by atomic mass is 35.5. The van der Waals surface area contributed by atoms with Crippen molar-refractivity contribution in [3.05, 3.63) is 42.1 Å². The summed E-state index contributed by atoms with van der Waals surface area (Å²) in [5.41, 5.74) is 1.77. The second kappa shape index (κ2) is 4.21. The molecule has 1 N–H and O–H groups in total. The minimum atomic E-state index is 0. The second-order valence-corrected chi connectivity index (χ2v) is 2.65. The molecule has 3 heteroatoms. The number of para-hydroxylation sites is 1. The molecule has 0 radical (unpaired) electrons. The minimum Gasteiger partial charge on any atom is -0.392 e. The summed E-state index contributed by atoms with van der Waals surface area (Å²) in [6.07, 6.45) is 1.74. The summed E-state index contributed by atoms with van der Waals surface area (Å²) in [6.45, 7) is 0.0500. The lowest BCUT2D eigenvalue weighted by Crippen LogP contribution is -1.87. The van der Waals surface area contributed by atoms with Crippen molar-refractivity contribution in [2.45, 2.75) is 6.61 Å². The van der Waals surface area contributed by atoms with Gasteiger partial charge in [0.2, 0.25) is 0 Å². The van der Waals surface area contributed by atoms with E-state index in [1.807, 2.05) is 30.3 Å². The summed E-state index contributed by atoms with van der Waals surface area (Å²) in [4.78, 5) is 4.19. The first-order valence-corrected chi connectivity index (χ1v) is 3.85. The van der Waals surface area contributed by atoms with Gasteiger partial charge >= 0.3 is 0 Å².